The highest BCUT2D eigenvalue weighted by atomic mass is 16.5. The summed E-state index contributed by atoms with van der Waals surface area (Å²) < 4.78 is 4.84. The van der Waals surface area contributed by atoms with E-state index in [0.29, 0.717) is 0 Å². The summed E-state index contributed by atoms with van der Waals surface area (Å²) >= 11 is 0. The van der Waals surface area contributed by atoms with Gasteiger partial charge in [-0.2, -0.15) is 0 Å². The topological polar surface area (TPSA) is 29.5 Å². The fourth-order valence-electron chi connectivity index (χ4n) is 0.597. The first-order valence-corrected chi connectivity index (χ1v) is 3.59. The second-order valence-electron chi connectivity index (χ2n) is 2.34. The molecule has 0 heterocycles. The van der Waals surface area contributed by atoms with Crippen molar-refractivity contribution in [3.05, 3.63) is 12.2 Å². The number of rotatable bonds is 5. The summed E-state index contributed by atoms with van der Waals surface area (Å²) in [6.07, 6.45) is 5.45. The molecule has 60 valence electrons. The van der Waals surface area contributed by atoms with E-state index in [9.17, 15) is 0 Å². The van der Waals surface area contributed by atoms with Crippen LogP contribution in [0.1, 0.15) is 19.8 Å². The van der Waals surface area contributed by atoms with E-state index in [2.05, 4.69) is 0 Å². The van der Waals surface area contributed by atoms with Crippen molar-refractivity contribution in [2.75, 3.05) is 13.7 Å². The molecule has 0 aromatic heterocycles. The second kappa shape index (κ2) is 6.78. The molecule has 0 amide bonds. The lowest BCUT2D eigenvalue weighted by molar-refractivity contribution is 0.197. The van der Waals surface area contributed by atoms with Crippen LogP contribution in [0.3, 0.4) is 0 Å². The Kier molecular flexibility index (Phi) is 6.55. The van der Waals surface area contributed by atoms with E-state index in [-0.39, 0.29) is 6.10 Å². The molecule has 0 aliphatic heterocycles. The zero-order valence-corrected chi connectivity index (χ0v) is 6.71. The summed E-state index contributed by atoms with van der Waals surface area (Å²) in [7, 11) is 1.68. The van der Waals surface area contributed by atoms with Crippen LogP contribution in [-0.2, 0) is 4.74 Å². The lowest BCUT2D eigenvalue weighted by atomic mass is 10.2. The van der Waals surface area contributed by atoms with E-state index in [1.807, 2.05) is 12.2 Å². The van der Waals surface area contributed by atoms with E-state index in [1.165, 1.54) is 0 Å². The van der Waals surface area contributed by atoms with Gasteiger partial charge >= 0.3 is 0 Å². The highest BCUT2D eigenvalue weighted by Gasteiger charge is 1.87. The molecule has 0 saturated heterocycles. The van der Waals surface area contributed by atoms with Crippen LogP contribution in [0.2, 0.25) is 0 Å². The molecule has 2 heteroatoms. The van der Waals surface area contributed by atoms with Gasteiger partial charge in [0.1, 0.15) is 0 Å². The third kappa shape index (κ3) is 7.66. The van der Waals surface area contributed by atoms with Crippen LogP contribution in [0.4, 0.5) is 0 Å². The van der Waals surface area contributed by atoms with E-state index in [4.69, 9.17) is 9.84 Å². The number of ether oxygens (including phenoxy) is 1. The first kappa shape index (κ1) is 9.66. The van der Waals surface area contributed by atoms with Crippen molar-refractivity contribution in [2.24, 2.45) is 0 Å². The number of aliphatic hydroxyl groups is 1. The SMILES string of the molecule is COCC/C=C/C[C@H](C)O. The Hall–Kier alpha value is -0.340. The van der Waals surface area contributed by atoms with Gasteiger partial charge in [-0.15, -0.1) is 0 Å². The van der Waals surface area contributed by atoms with Crippen LogP contribution in [0.25, 0.3) is 0 Å². The van der Waals surface area contributed by atoms with Crippen molar-refractivity contribution in [1.82, 2.24) is 0 Å². The van der Waals surface area contributed by atoms with Crippen molar-refractivity contribution in [3.63, 3.8) is 0 Å². The third-order valence-corrected chi connectivity index (χ3v) is 1.13. The van der Waals surface area contributed by atoms with E-state index >= 15 is 0 Å². The summed E-state index contributed by atoms with van der Waals surface area (Å²) in [6.45, 7) is 2.54. The van der Waals surface area contributed by atoms with Crippen LogP contribution < -0.4 is 0 Å². The normalized spacial score (nSPS) is 14.3. The molecule has 0 rings (SSSR count). The molecule has 0 radical (unpaired) electrons. The minimum Gasteiger partial charge on any atom is -0.393 e. The van der Waals surface area contributed by atoms with Crippen LogP contribution >= 0.6 is 0 Å². The minimum atomic E-state index is -0.223. The zero-order chi connectivity index (χ0) is 7.82. The Morgan fingerprint density at radius 2 is 2.20 bits per heavy atom. The molecule has 0 unspecified atom stereocenters. The molecular weight excluding hydrogens is 128 g/mol. The largest absolute Gasteiger partial charge is 0.393 e. The van der Waals surface area contributed by atoms with Gasteiger partial charge in [0, 0.05) is 13.7 Å². The van der Waals surface area contributed by atoms with Gasteiger partial charge in [-0.05, 0) is 19.8 Å². The van der Waals surface area contributed by atoms with Crippen molar-refractivity contribution < 1.29 is 9.84 Å². The van der Waals surface area contributed by atoms with Gasteiger partial charge in [0.25, 0.3) is 0 Å². The fourth-order valence-corrected chi connectivity index (χ4v) is 0.597. The van der Waals surface area contributed by atoms with Crippen molar-refractivity contribution >= 4 is 0 Å². The number of aliphatic hydroxyl groups excluding tert-OH is 1. The highest BCUT2D eigenvalue weighted by Crippen LogP contribution is 1.92. The zero-order valence-electron chi connectivity index (χ0n) is 6.71. The molecule has 10 heavy (non-hydrogen) atoms. The van der Waals surface area contributed by atoms with Gasteiger partial charge < -0.3 is 9.84 Å². The third-order valence-electron chi connectivity index (χ3n) is 1.13. The predicted octanol–water partition coefficient (Wildman–Crippen LogP) is 1.35. The molecule has 0 aliphatic rings. The Labute approximate surface area is 62.5 Å². The molecule has 2 nitrogen and oxygen atoms in total. The Morgan fingerprint density at radius 1 is 1.50 bits per heavy atom. The standard InChI is InChI=1S/C8H16O2/c1-8(9)6-4-3-5-7-10-2/h3-4,8-9H,5-7H2,1-2H3/b4-3+/t8-/m0/s1. The van der Waals surface area contributed by atoms with E-state index in [1.54, 1.807) is 14.0 Å². The second-order valence-corrected chi connectivity index (χ2v) is 2.34. The van der Waals surface area contributed by atoms with Crippen LogP contribution in [-0.4, -0.2) is 24.9 Å². The lowest BCUT2D eigenvalue weighted by Gasteiger charge is -1.95. The van der Waals surface area contributed by atoms with Gasteiger partial charge in [0.05, 0.1) is 6.10 Å². The number of methoxy groups -OCH3 is 1. The maximum absolute atomic E-state index is 8.83. The monoisotopic (exact) mass is 144 g/mol. The summed E-state index contributed by atoms with van der Waals surface area (Å²) in [5.74, 6) is 0. The maximum Gasteiger partial charge on any atom is 0.0546 e. The molecule has 1 N–H and O–H groups in total. The highest BCUT2D eigenvalue weighted by molar-refractivity contribution is 4.82. The Morgan fingerprint density at radius 3 is 2.70 bits per heavy atom. The van der Waals surface area contributed by atoms with Gasteiger partial charge in [-0.3, -0.25) is 0 Å². The summed E-state index contributed by atoms with van der Waals surface area (Å²) in [5.41, 5.74) is 0. The lowest BCUT2D eigenvalue weighted by Crippen LogP contribution is -1.95. The van der Waals surface area contributed by atoms with Gasteiger partial charge in [-0.1, -0.05) is 12.2 Å². The molecule has 0 aliphatic carbocycles. The summed E-state index contributed by atoms with van der Waals surface area (Å²) in [5, 5.41) is 8.83. The fraction of sp³-hybridized carbons (Fsp3) is 0.750. The van der Waals surface area contributed by atoms with Gasteiger partial charge in [-0.25, -0.2) is 0 Å². The van der Waals surface area contributed by atoms with Crippen LogP contribution in [0, 0.1) is 0 Å². The smallest absolute Gasteiger partial charge is 0.0546 e. The molecule has 0 aromatic rings. The first-order valence-electron chi connectivity index (χ1n) is 3.59. The van der Waals surface area contributed by atoms with Gasteiger partial charge in [0.15, 0.2) is 0 Å². The first-order chi connectivity index (χ1) is 4.77. The molecule has 0 aromatic carbocycles. The molecular formula is C8H16O2. The molecule has 0 bridgehead atoms. The number of hydrogen-bond donors (Lipinski definition) is 1. The molecule has 0 fully saturated rings. The maximum atomic E-state index is 8.83. The molecule has 1 atom stereocenters. The summed E-state index contributed by atoms with van der Waals surface area (Å²) in [6, 6.07) is 0. The van der Waals surface area contributed by atoms with E-state index in [0.717, 1.165) is 19.4 Å². The van der Waals surface area contributed by atoms with Gasteiger partial charge in [0.2, 0.25) is 0 Å². The number of hydrogen-bond acceptors (Lipinski definition) is 2. The molecule has 0 spiro atoms. The van der Waals surface area contributed by atoms with Crippen molar-refractivity contribution in [3.8, 4) is 0 Å². The van der Waals surface area contributed by atoms with Crippen molar-refractivity contribution in [1.29, 1.82) is 0 Å². The van der Waals surface area contributed by atoms with E-state index < -0.39 is 0 Å². The minimum absolute atomic E-state index is 0.223. The quantitative estimate of drug-likeness (QED) is 0.466. The average Bonchev–Trinajstić information content (AvgIpc) is 1.87. The Balaban J connectivity index is 3.04. The molecule has 0 saturated carbocycles. The van der Waals surface area contributed by atoms with Crippen molar-refractivity contribution in [2.45, 2.75) is 25.9 Å². The predicted molar refractivity (Wildman–Crippen MR) is 41.9 cm³/mol. The van der Waals surface area contributed by atoms with Crippen LogP contribution in [0.15, 0.2) is 12.2 Å². The van der Waals surface area contributed by atoms with Crippen LogP contribution in [0.5, 0.6) is 0 Å². The Bertz CT molecular complexity index is 87.3. The summed E-state index contributed by atoms with van der Waals surface area (Å²) in [4.78, 5) is 0. The average molecular weight is 144 g/mol.